The molecule has 0 saturated carbocycles. The Kier molecular flexibility index (Phi) is 7.05. The number of benzene rings is 3. The molecule has 0 aliphatic carbocycles. The average molecular weight is 480 g/mol. The Labute approximate surface area is 199 Å². The number of hydrogen-bond acceptors (Lipinski definition) is 5. The van der Waals surface area contributed by atoms with E-state index < -0.39 is 23.6 Å². The largest absolute Gasteiger partial charge is 0.489 e. The van der Waals surface area contributed by atoms with Crippen molar-refractivity contribution < 1.29 is 33.4 Å². The van der Waals surface area contributed by atoms with E-state index in [1.54, 1.807) is 48.5 Å². The van der Waals surface area contributed by atoms with Crippen LogP contribution < -0.4 is 4.74 Å². The number of carboxylic acids is 1. The standard InChI is InChI=1S/C26H22F2N2O5/c27-22-12-19(14-29-34)21(13-23(22)28)17-6-8-20(9-7-17)35-15-16-3-1-4-18(11-16)25(31)30-10-2-5-24(30)26(32)33/h1,3-4,6-9,11-14,24,34H,2,5,10,15H2,(H,32,33)/b29-14+/t24-/m0/s1. The van der Waals surface area contributed by atoms with E-state index in [1.165, 1.54) is 4.90 Å². The number of rotatable bonds is 7. The SMILES string of the molecule is O=C(O)[C@@H]1CCCN1C(=O)c1cccc(COc2ccc(-c3cc(F)c(F)cc3/C=N/O)cc2)c1. The average Bonchev–Trinajstić information content (AvgIpc) is 3.36. The summed E-state index contributed by atoms with van der Waals surface area (Å²) in [5.41, 5.74) is 2.25. The number of likely N-dealkylation sites (tertiary alicyclic amines) is 1. The number of carbonyl (C=O) groups is 2. The van der Waals surface area contributed by atoms with Gasteiger partial charge in [-0.25, -0.2) is 13.6 Å². The van der Waals surface area contributed by atoms with Crippen LogP contribution >= 0.6 is 0 Å². The number of ether oxygens (including phenoxy) is 1. The Morgan fingerprint density at radius 2 is 1.83 bits per heavy atom. The lowest BCUT2D eigenvalue weighted by atomic mass is 9.99. The van der Waals surface area contributed by atoms with Crippen molar-refractivity contribution >= 4 is 18.1 Å². The van der Waals surface area contributed by atoms with Gasteiger partial charge in [-0.15, -0.1) is 0 Å². The van der Waals surface area contributed by atoms with E-state index in [0.29, 0.717) is 41.8 Å². The first kappa shape index (κ1) is 23.9. The van der Waals surface area contributed by atoms with Gasteiger partial charge in [-0.05, 0) is 65.9 Å². The van der Waals surface area contributed by atoms with Gasteiger partial charge in [0, 0.05) is 17.7 Å². The molecule has 1 atom stereocenters. The minimum Gasteiger partial charge on any atom is -0.489 e. The van der Waals surface area contributed by atoms with Crippen LogP contribution in [-0.2, 0) is 11.4 Å². The molecule has 1 aliphatic rings. The second-order valence-corrected chi connectivity index (χ2v) is 8.11. The van der Waals surface area contributed by atoms with E-state index in [0.717, 1.165) is 23.9 Å². The van der Waals surface area contributed by atoms with Gasteiger partial charge in [0.05, 0.1) is 6.21 Å². The Balaban J connectivity index is 1.46. The summed E-state index contributed by atoms with van der Waals surface area (Å²) >= 11 is 0. The fourth-order valence-corrected chi connectivity index (χ4v) is 4.11. The van der Waals surface area contributed by atoms with Crippen molar-refractivity contribution in [2.24, 2.45) is 5.16 Å². The lowest BCUT2D eigenvalue weighted by Gasteiger charge is -2.21. The normalized spacial score (nSPS) is 15.5. The molecule has 1 aliphatic heterocycles. The molecule has 0 unspecified atom stereocenters. The van der Waals surface area contributed by atoms with Gasteiger partial charge < -0.3 is 20.0 Å². The highest BCUT2D eigenvalue weighted by atomic mass is 19.2. The minimum atomic E-state index is -1.05. The molecule has 0 aromatic heterocycles. The molecule has 3 aromatic rings. The number of oxime groups is 1. The van der Waals surface area contributed by atoms with Gasteiger partial charge in [0.25, 0.3) is 5.91 Å². The van der Waals surface area contributed by atoms with Gasteiger partial charge in [0.1, 0.15) is 18.4 Å². The van der Waals surface area contributed by atoms with E-state index in [1.807, 2.05) is 0 Å². The second kappa shape index (κ2) is 10.3. The second-order valence-electron chi connectivity index (χ2n) is 8.11. The molecular formula is C26H22F2N2O5. The van der Waals surface area contributed by atoms with Gasteiger partial charge >= 0.3 is 5.97 Å². The van der Waals surface area contributed by atoms with Crippen molar-refractivity contribution in [1.29, 1.82) is 0 Å². The highest BCUT2D eigenvalue weighted by Gasteiger charge is 2.34. The molecule has 1 fully saturated rings. The number of amides is 1. The quantitative estimate of drug-likeness (QED) is 0.290. The first-order valence-corrected chi connectivity index (χ1v) is 10.9. The predicted octanol–water partition coefficient (Wildman–Crippen LogP) is 4.71. The summed E-state index contributed by atoms with van der Waals surface area (Å²) in [6, 6.07) is 14.7. The molecule has 1 amide bonds. The number of hydrogen-bond donors (Lipinski definition) is 2. The van der Waals surface area contributed by atoms with Crippen LogP contribution in [0.25, 0.3) is 11.1 Å². The monoisotopic (exact) mass is 480 g/mol. The molecule has 1 heterocycles. The smallest absolute Gasteiger partial charge is 0.326 e. The molecule has 9 heteroatoms. The maximum Gasteiger partial charge on any atom is 0.326 e. The Bertz CT molecular complexity index is 1280. The van der Waals surface area contributed by atoms with Crippen molar-refractivity contribution in [3.05, 3.63) is 89.0 Å². The van der Waals surface area contributed by atoms with Crippen LogP contribution in [0.5, 0.6) is 5.75 Å². The van der Waals surface area contributed by atoms with E-state index in [4.69, 9.17) is 9.94 Å². The van der Waals surface area contributed by atoms with E-state index in [9.17, 15) is 23.5 Å². The molecule has 0 radical (unpaired) electrons. The number of halogens is 2. The summed E-state index contributed by atoms with van der Waals surface area (Å²) in [5.74, 6) is -2.88. The van der Waals surface area contributed by atoms with E-state index >= 15 is 0 Å². The van der Waals surface area contributed by atoms with Crippen LogP contribution in [0, 0.1) is 11.6 Å². The Morgan fingerprint density at radius 1 is 1.09 bits per heavy atom. The van der Waals surface area contributed by atoms with Crippen molar-refractivity contribution in [1.82, 2.24) is 4.90 Å². The fraction of sp³-hybridized carbons (Fsp3) is 0.192. The lowest BCUT2D eigenvalue weighted by Crippen LogP contribution is -2.40. The van der Waals surface area contributed by atoms with Crippen LogP contribution in [0.3, 0.4) is 0 Å². The zero-order valence-electron chi connectivity index (χ0n) is 18.5. The van der Waals surface area contributed by atoms with E-state index in [-0.39, 0.29) is 18.1 Å². The topological polar surface area (TPSA) is 99.4 Å². The number of carboxylic acid groups (broad SMARTS) is 1. The molecule has 3 aromatic carbocycles. The molecule has 1 saturated heterocycles. The summed E-state index contributed by atoms with van der Waals surface area (Å²) < 4.78 is 33.1. The van der Waals surface area contributed by atoms with Crippen LogP contribution in [0.1, 0.15) is 34.3 Å². The molecule has 0 bridgehead atoms. The van der Waals surface area contributed by atoms with Crippen molar-refractivity contribution in [3.63, 3.8) is 0 Å². The molecule has 2 N–H and O–H groups in total. The van der Waals surface area contributed by atoms with Gasteiger partial charge in [0.2, 0.25) is 0 Å². The molecule has 180 valence electrons. The third-order valence-corrected chi connectivity index (χ3v) is 5.83. The van der Waals surface area contributed by atoms with Gasteiger partial charge in [-0.1, -0.05) is 29.4 Å². The number of aliphatic carboxylic acids is 1. The van der Waals surface area contributed by atoms with Crippen LogP contribution in [0.4, 0.5) is 8.78 Å². The van der Waals surface area contributed by atoms with Crippen molar-refractivity contribution in [2.75, 3.05) is 6.54 Å². The Morgan fingerprint density at radius 3 is 2.54 bits per heavy atom. The van der Waals surface area contributed by atoms with Crippen molar-refractivity contribution in [2.45, 2.75) is 25.5 Å². The molecular weight excluding hydrogens is 458 g/mol. The molecule has 7 nitrogen and oxygen atoms in total. The minimum absolute atomic E-state index is 0.163. The van der Waals surface area contributed by atoms with Gasteiger partial charge in [0.15, 0.2) is 11.6 Å². The summed E-state index contributed by atoms with van der Waals surface area (Å²) in [6.45, 7) is 0.573. The summed E-state index contributed by atoms with van der Waals surface area (Å²) in [6.07, 6.45) is 2.12. The Hall–Kier alpha value is -4.27. The molecule has 4 rings (SSSR count). The predicted molar refractivity (Wildman–Crippen MR) is 124 cm³/mol. The highest BCUT2D eigenvalue weighted by Crippen LogP contribution is 2.28. The number of carbonyl (C=O) groups excluding carboxylic acids is 1. The van der Waals surface area contributed by atoms with Crippen LogP contribution in [0.2, 0.25) is 0 Å². The van der Waals surface area contributed by atoms with E-state index in [2.05, 4.69) is 5.16 Å². The maximum atomic E-state index is 13.8. The summed E-state index contributed by atoms with van der Waals surface area (Å²) in [5, 5.41) is 21.1. The van der Waals surface area contributed by atoms with Gasteiger partial charge in [-0.3, -0.25) is 4.79 Å². The zero-order chi connectivity index (χ0) is 24.9. The summed E-state index contributed by atoms with van der Waals surface area (Å²) in [4.78, 5) is 25.6. The van der Waals surface area contributed by atoms with Crippen LogP contribution in [0.15, 0.2) is 65.8 Å². The highest BCUT2D eigenvalue weighted by molar-refractivity contribution is 5.97. The third-order valence-electron chi connectivity index (χ3n) is 5.83. The lowest BCUT2D eigenvalue weighted by molar-refractivity contribution is -0.141. The molecule has 35 heavy (non-hydrogen) atoms. The summed E-state index contributed by atoms with van der Waals surface area (Å²) in [7, 11) is 0. The van der Waals surface area contributed by atoms with Crippen molar-refractivity contribution in [3.8, 4) is 16.9 Å². The first-order valence-electron chi connectivity index (χ1n) is 10.9. The van der Waals surface area contributed by atoms with Crippen LogP contribution in [-0.4, -0.2) is 45.9 Å². The maximum absolute atomic E-state index is 13.8. The fourth-order valence-electron chi connectivity index (χ4n) is 4.11. The van der Waals surface area contributed by atoms with Gasteiger partial charge in [-0.2, -0.15) is 0 Å². The third kappa shape index (κ3) is 5.29. The number of nitrogens with zero attached hydrogens (tertiary/aromatic N) is 2. The molecule has 0 spiro atoms. The first-order chi connectivity index (χ1) is 16.9. The zero-order valence-corrected chi connectivity index (χ0v) is 18.5.